The van der Waals surface area contributed by atoms with E-state index < -0.39 is 0 Å². The first-order chi connectivity index (χ1) is 13.9. The molecule has 0 atom stereocenters. The van der Waals surface area contributed by atoms with Crippen molar-refractivity contribution in [2.75, 3.05) is 36.9 Å². The van der Waals surface area contributed by atoms with Crippen molar-refractivity contribution in [3.63, 3.8) is 0 Å². The Bertz CT molecular complexity index is 916. The standard InChI is InChI=1S/C20H22ClN3O.C3H4O/c1-14-17(4-3-5-18(14)21)20(11-23(2)12-20)22-16-7-6-15-8-9-24(13-25)19(15)10-16;1-2-3-4/h3-7,10,13,22H,8-9,11-12H2,1-2H3;2-3H,1H2. The minimum absolute atomic E-state index is 0.150. The van der Waals surface area contributed by atoms with Crippen LogP contribution in [0.25, 0.3) is 0 Å². The normalized spacial score (nSPS) is 16.7. The van der Waals surface area contributed by atoms with E-state index in [1.807, 2.05) is 12.1 Å². The quantitative estimate of drug-likeness (QED) is 0.600. The molecule has 0 aromatic heterocycles. The van der Waals surface area contributed by atoms with Gasteiger partial charge in [0.25, 0.3) is 0 Å². The predicted molar refractivity (Wildman–Crippen MR) is 119 cm³/mol. The monoisotopic (exact) mass is 411 g/mol. The van der Waals surface area contributed by atoms with Crippen LogP contribution < -0.4 is 10.2 Å². The molecule has 1 amide bonds. The lowest BCUT2D eigenvalue weighted by Gasteiger charge is -2.50. The van der Waals surface area contributed by atoms with Gasteiger partial charge in [0, 0.05) is 36.0 Å². The molecule has 2 aliphatic heterocycles. The number of hydrogen-bond acceptors (Lipinski definition) is 4. The van der Waals surface area contributed by atoms with E-state index in [1.165, 1.54) is 17.2 Å². The lowest BCUT2D eigenvalue weighted by atomic mass is 9.80. The molecule has 5 nitrogen and oxygen atoms in total. The van der Waals surface area contributed by atoms with Gasteiger partial charge in [-0.15, -0.1) is 0 Å². The van der Waals surface area contributed by atoms with Crippen LogP contribution in [0.15, 0.2) is 49.1 Å². The molecule has 2 heterocycles. The molecule has 152 valence electrons. The maximum atomic E-state index is 11.3. The molecule has 4 rings (SSSR count). The van der Waals surface area contributed by atoms with Gasteiger partial charge in [0.2, 0.25) is 6.41 Å². The van der Waals surface area contributed by atoms with Crippen LogP contribution in [0.1, 0.15) is 16.7 Å². The van der Waals surface area contributed by atoms with Crippen molar-refractivity contribution in [2.45, 2.75) is 18.9 Å². The molecular weight excluding hydrogens is 386 g/mol. The molecule has 6 heteroatoms. The summed E-state index contributed by atoms with van der Waals surface area (Å²) >= 11 is 6.37. The number of likely N-dealkylation sites (N-methyl/N-ethyl adjacent to an activating group) is 1. The number of halogens is 1. The minimum atomic E-state index is -0.150. The number of aldehydes is 1. The third-order valence-electron chi connectivity index (χ3n) is 5.49. The fraction of sp³-hybridized carbons (Fsp3) is 0.304. The maximum Gasteiger partial charge on any atom is 0.214 e. The summed E-state index contributed by atoms with van der Waals surface area (Å²) < 4.78 is 0. The first-order valence-electron chi connectivity index (χ1n) is 9.57. The predicted octanol–water partition coefficient (Wildman–Crippen LogP) is 3.79. The molecule has 1 N–H and O–H groups in total. The topological polar surface area (TPSA) is 52.7 Å². The molecular formula is C23H26ClN3O2. The van der Waals surface area contributed by atoms with E-state index in [-0.39, 0.29) is 5.54 Å². The number of rotatable bonds is 5. The maximum absolute atomic E-state index is 11.3. The van der Waals surface area contributed by atoms with E-state index in [9.17, 15) is 4.79 Å². The smallest absolute Gasteiger partial charge is 0.214 e. The van der Waals surface area contributed by atoms with Crippen LogP contribution in [0.4, 0.5) is 11.4 Å². The zero-order valence-electron chi connectivity index (χ0n) is 16.8. The van der Waals surface area contributed by atoms with Crippen LogP contribution >= 0.6 is 11.6 Å². The molecule has 2 aromatic rings. The molecule has 0 aliphatic carbocycles. The van der Waals surface area contributed by atoms with Gasteiger partial charge in [0.15, 0.2) is 0 Å². The van der Waals surface area contributed by atoms with E-state index in [0.29, 0.717) is 6.29 Å². The van der Waals surface area contributed by atoms with E-state index in [0.717, 1.165) is 54.4 Å². The number of nitrogens with zero attached hydrogens (tertiary/aromatic N) is 2. The number of nitrogens with one attached hydrogen (secondary N) is 1. The van der Waals surface area contributed by atoms with Crippen LogP contribution in [0, 0.1) is 6.92 Å². The second kappa shape index (κ2) is 8.80. The van der Waals surface area contributed by atoms with Crippen molar-refractivity contribution in [3.8, 4) is 0 Å². The average molecular weight is 412 g/mol. The Hall–Kier alpha value is -2.63. The lowest BCUT2D eigenvalue weighted by Crippen LogP contribution is -2.62. The van der Waals surface area contributed by atoms with E-state index >= 15 is 0 Å². The fourth-order valence-electron chi connectivity index (χ4n) is 4.19. The molecule has 29 heavy (non-hydrogen) atoms. The van der Waals surface area contributed by atoms with Crippen molar-refractivity contribution >= 4 is 35.7 Å². The van der Waals surface area contributed by atoms with Crippen LogP contribution in [0.5, 0.6) is 0 Å². The number of carbonyl (C=O) groups excluding carboxylic acids is 2. The van der Waals surface area contributed by atoms with Crippen LogP contribution in [0.2, 0.25) is 5.02 Å². The van der Waals surface area contributed by atoms with Gasteiger partial charge in [-0.05, 0) is 61.4 Å². The Morgan fingerprint density at radius 2 is 1.93 bits per heavy atom. The summed E-state index contributed by atoms with van der Waals surface area (Å²) in [6.45, 7) is 7.80. The fourth-order valence-corrected chi connectivity index (χ4v) is 4.36. The number of fused-ring (bicyclic) bond motifs is 1. The van der Waals surface area contributed by atoms with Gasteiger partial charge in [0.05, 0.1) is 5.54 Å². The van der Waals surface area contributed by atoms with Crippen molar-refractivity contribution in [2.24, 2.45) is 0 Å². The van der Waals surface area contributed by atoms with Crippen molar-refractivity contribution in [1.82, 2.24) is 4.90 Å². The molecule has 0 saturated carbocycles. The summed E-state index contributed by atoms with van der Waals surface area (Å²) in [7, 11) is 2.12. The van der Waals surface area contributed by atoms with Crippen molar-refractivity contribution in [3.05, 3.63) is 70.8 Å². The summed E-state index contributed by atoms with van der Waals surface area (Å²) in [5.74, 6) is 0. The van der Waals surface area contributed by atoms with E-state index in [4.69, 9.17) is 16.4 Å². The number of carbonyl (C=O) groups is 2. The molecule has 1 fully saturated rings. The molecule has 0 unspecified atom stereocenters. The van der Waals surface area contributed by atoms with Gasteiger partial charge >= 0.3 is 0 Å². The zero-order valence-corrected chi connectivity index (χ0v) is 17.6. The Morgan fingerprint density at radius 1 is 1.21 bits per heavy atom. The number of anilines is 2. The van der Waals surface area contributed by atoms with Crippen LogP contribution in [-0.2, 0) is 21.5 Å². The summed E-state index contributed by atoms with van der Waals surface area (Å²) in [6.07, 6.45) is 3.68. The largest absolute Gasteiger partial charge is 0.373 e. The van der Waals surface area contributed by atoms with Gasteiger partial charge in [-0.1, -0.05) is 36.4 Å². The highest BCUT2D eigenvalue weighted by atomic mass is 35.5. The first-order valence-corrected chi connectivity index (χ1v) is 9.95. The number of hydrogen-bond donors (Lipinski definition) is 1. The Kier molecular flexibility index (Phi) is 6.40. The Labute approximate surface area is 177 Å². The Morgan fingerprint density at radius 3 is 2.55 bits per heavy atom. The van der Waals surface area contributed by atoms with Crippen LogP contribution in [0.3, 0.4) is 0 Å². The summed E-state index contributed by atoms with van der Waals surface area (Å²) in [5, 5.41) is 4.54. The van der Waals surface area contributed by atoms with Crippen molar-refractivity contribution in [1.29, 1.82) is 0 Å². The summed E-state index contributed by atoms with van der Waals surface area (Å²) in [6, 6.07) is 12.5. The molecule has 0 bridgehead atoms. The second-order valence-corrected chi connectivity index (χ2v) is 7.96. The Balaban J connectivity index is 0.000000552. The number of allylic oxidation sites excluding steroid dienone is 1. The minimum Gasteiger partial charge on any atom is -0.373 e. The van der Waals surface area contributed by atoms with Gasteiger partial charge < -0.3 is 15.1 Å². The third-order valence-corrected chi connectivity index (χ3v) is 5.90. The zero-order chi connectivity index (χ0) is 21.0. The number of amides is 1. The molecule has 2 aromatic carbocycles. The van der Waals surface area contributed by atoms with Crippen LogP contribution in [-0.4, -0.2) is 44.3 Å². The number of likely N-dealkylation sites (tertiary alicyclic amines) is 1. The molecule has 0 spiro atoms. The second-order valence-electron chi connectivity index (χ2n) is 7.56. The summed E-state index contributed by atoms with van der Waals surface area (Å²) in [5.41, 5.74) is 5.51. The first kappa shape index (κ1) is 21.1. The van der Waals surface area contributed by atoms with Gasteiger partial charge in [0.1, 0.15) is 6.29 Å². The van der Waals surface area contributed by atoms with Gasteiger partial charge in [-0.3, -0.25) is 9.59 Å². The number of benzene rings is 2. The molecule has 0 radical (unpaired) electrons. The molecule has 1 saturated heterocycles. The SMILES string of the molecule is C=CC=O.Cc1c(Cl)cccc1C1(Nc2ccc3c(c2)N(C=O)CC3)CN(C)C1. The molecule has 2 aliphatic rings. The lowest BCUT2D eigenvalue weighted by molar-refractivity contribution is -0.107. The summed E-state index contributed by atoms with van der Waals surface area (Å²) in [4.78, 5) is 24.4. The highest BCUT2D eigenvalue weighted by Gasteiger charge is 2.44. The highest BCUT2D eigenvalue weighted by Crippen LogP contribution is 2.39. The average Bonchev–Trinajstić information content (AvgIpc) is 3.11. The van der Waals surface area contributed by atoms with E-state index in [2.05, 4.69) is 55.0 Å². The van der Waals surface area contributed by atoms with Crippen molar-refractivity contribution < 1.29 is 9.59 Å². The third kappa shape index (κ3) is 4.21. The van der Waals surface area contributed by atoms with Gasteiger partial charge in [-0.25, -0.2) is 0 Å². The van der Waals surface area contributed by atoms with E-state index in [1.54, 1.807) is 4.90 Å². The highest BCUT2D eigenvalue weighted by molar-refractivity contribution is 6.31. The van der Waals surface area contributed by atoms with Gasteiger partial charge in [-0.2, -0.15) is 0 Å².